The van der Waals surface area contributed by atoms with Gasteiger partial charge in [-0.1, -0.05) is 0 Å². The van der Waals surface area contributed by atoms with Gasteiger partial charge in [-0.2, -0.15) is 4.37 Å². The van der Waals surface area contributed by atoms with Gasteiger partial charge in [0.05, 0.1) is 22.2 Å². The fourth-order valence-corrected chi connectivity index (χ4v) is 2.21. The molecule has 0 atom stereocenters. The lowest BCUT2D eigenvalue weighted by Crippen LogP contribution is -2.51. The molecule has 0 aliphatic heterocycles. The van der Waals surface area contributed by atoms with Gasteiger partial charge in [-0.15, -0.1) is 0 Å². The fourth-order valence-electron chi connectivity index (χ4n) is 1.47. The summed E-state index contributed by atoms with van der Waals surface area (Å²) in [7, 11) is 0. The molecule has 0 unspecified atom stereocenters. The third-order valence-corrected chi connectivity index (χ3v) is 4.25. The van der Waals surface area contributed by atoms with Crippen LogP contribution in [0.5, 0.6) is 0 Å². The summed E-state index contributed by atoms with van der Waals surface area (Å²) >= 11 is 1.36. The largest absolute Gasteiger partial charge is 0.388 e. The van der Waals surface area contributed by atoms with Crippen LogP contribution in [0.3, 0.4) is 0 Å². The summed E-state index contributed by atoms with van der Waals surface area (Å²) in [5, 5.41) is 14.4. The number of hydrogen-bond donors (Lipinski definition) is 2. The van der Waals surface area contributed by atoms with Crippen molar-refractivity contribution in [2.24, 2.45) is 0 Å². The molecule has 98 valence electrons. The van der Waals surface area contributed by atoms with Crippen LogP contribution in [0.15, 0.2) is 6.33 Å². The van der Waals surface area contributed by atoms with Crippen LogP contribution in [0.2, 0.25) is 0 Å². The quantitative estimate of drug-likeness (QED) is 0.892. The van der Waals surface area contributed by atoms with E-state index in [4.69, 9.17) is 0 Å². The highest BCUT2D eigenvalue weighted by Crippen LogP contribution is 2.31. The third kappa shape index (κ3) is 2.18. The lowest BCUT2D eigenvalue weighted by Gasteiger charge is -2.38. The van der Waals surface area contributed by atoms with Crippen LogP contribution in [0.4, 0.5) is 5.82 Å². The molecule has 0 aliphatic carbocycles. The molecule has 2 aromatic rings. The maximum absolute atomic E-state index is 10.2. The highest BCUT2D eigenvalue weighted by atomic mass is 32.1. The Labute approximate surface area is 110 Å². The number of hydrogen-bond acceptors (Lipinski definition) is 6. The SMILES string of the molecule is Cc1nsc2ncnc(NC(C)(C)C(C)(C)O)c12. The van der Waals surface area contributed by atoms with Crippen molar-refractivity contribution in [3.05, 3.63) is 12.0 Å². The molecule has 6 heteroatoms. The lowest BCUT2D eigenvalue weighted by atomic mass is 9.86. The minimum absolute atomic E-state index is 0.511. The molecule has 0 aliphatic rings. The van der Waals surface area contributed by atoms with Crippen LogP contribution >= 0.6 is 11.5 Å². The van der Waals surface area contributed by atoms with Gasteiger partial charge in [0.1, 0.15) is 17.0 Å². The lowest BCUT2D eigenvalue weighted by molar-refractivity contribution is 0.0239. The number of fused-ring (bicyclic) bond motifs is 1. The standard InChI is InChI=1S/C12H18N4OS/c1-7-8-9(13-6-14-10(8)18-16-7)15-11(2,3)12(4,5)17/h6,17H,1-5H3,(H,13,14,15). The van der Waals surface area contributed by atoms with Crippen molar-refractivity contribution < 1.29 is 5.11 Å². The van der Waals surface area contributed by atoms with E-state index in [0.717, 1.165) is 21.7 Å². The normalized spacial score (nSPS) is 13.0. The van der Waals surface area contributed by atoms with E-state index >= 15 is 0 Å². The molecule has 0 saturated heterocycles. The number of aliphatic hydroxyl groups is 1. The molecule has 2 N–H and O–H groups in total. The van der Waals surface area contributed by atoms with Crippen molar-refractivity contribution in [2.45, 2.75) is 45.8 Å². The van der Waals surface area contributed by atoms with Crippen LogP contribution in [0.25, 0.3) is 10.2 Å². The number of rotatable bonds is 3. The van der Waals surface area contributed by atoms with Crippen LogP contribution in [-0.4, -0.2) is 30.6 Å². The van der Waals surface area contributed by atoms with Crippen LogP contribution in [-0.2, 0) is 0 Å². The molecule has 0 amide bonds. The van der Waals surface area contributed by atoms with Gasteiger partial charge in [0, 0.05) is 0 Å². The molecule has 0 bridgehead atoms. The molecule has 0 saturated carbocycles. The van der Waals surface area contributed by atoms with Gasteiger partial charge in [0.15, 0.2) is 0 Å². The van der Waals surface area contributed by atoms with E-state index in [1.165, 1.54) is 17.9 Å². The number of nitrogens with zero attached hydrogens (tertiary/aromatic N) is 3. The minimum atomic E-state index is -0.873. The highest BCUT2D eigenvalue weighted by Gasteiger charge is 2.35. The number of aryl methyl sites for hydroxylation is 1. The zero-order valence-corrected chi connectivity index (χ0v) is 12.1. The smallest absolute Gasteiger partial charge is 0.149 e. The van der Waals surface area contributed by atoms with Gasteiger partial charge < -0.3 is 10.4 Å². The number of aromatic nitrogens is 3. The van der Waals surface area contributed by atoms with Gasteiger partial charge >= 0.3 is 0 Å². The molecule has 0 spiro atoms. The van der Waals surface area contributed by atoms with Gasteiger partial charge in [0.25, 0.3) is 0 Å². The summed E-state index contributed by atoms with van der Waals surface area (Å²) in [6.07, 6.45) is 1.52. The van der Waals surface area contributed by atoms with Gasteiger partial charge in [-0.05, 0) is 46.2 Å². The molecule has 0 aromatic carbocycles. The first kappa shape index (κ1) is 13.2. The Morgan fingerprint density at radius 1 is 1.22 bits per heavy atom. The molecular weight excluding hydrogens is 248 g/mol. The Balaban J connectivity index is 2.47. The highest BCUT2D eigenvalue weighted by molar-refractivity contribution is 7.13. The summed E-state index contributed by atoms with van der Waals surface area (Å²) in [5.74, 6) is 0.721. The summed E-state index contributed by atoms with van der Waals surface area (Å²) in [6.45, 7) is 9.37. The van der Waals surface area contributed by atoms with Crippen molar-refractivity contribution in [1.82, 2.24) is 14.3 Å². The molecule has 5 nitrogen and oxygen atoms in total. The molecule has 2 heterocycles. The van der Waals surface area contributed by atoms with Crippen molar-refractivity contribution in [1.29, 1.82) is 0 Å². The monoisotopic (exact) mass is 266 g/mol. The van der Waals surface area contributed by atoms with E-state index < -0.39 is 11.1 Å². The number of nitrogens with one attached hydrogen (secondary N) is 1. The zero-order chi connectivity index (χ0) is 13.6. The minimum Gasteiger partial charge on any atom is -0.388 e. The maximum atomic E-state index is 10.2. The Hall–Kier alpha value is -1.27. The van der Waals surface area contributed by atoms with Crippen LogP contribution in [0.1, 0.15) is 33.4 Å². The zero-order valence-electron chi connectivity index (χ0n) is 11.3. The average molecular weight is 266 g/mol. The summed E-state index contributed by atoms with van der Waals surface area (Å²) in [4.78, 5) is 9.33. The topological polar surface area (TPSA) is 70.9 Å². The third-order valence-electron chi connectivity index (χ3n) is 3.40. The Kier molecular flexibility index (Phi) is 3.03. The van der Waals surface area contributed by atoms with E-state index in [1.807, 2.05) is 20.8 Å². The molecule has 18 heavy (non-hydrogen) atoms. The first-order valence-corrected chi connectivity index (χ1v) is 6.57. The second-order valence-corrected chi connectivity index (χ2v) is 6.23. The van der Waals surface area contributed by atoms with Crippen LogP contribution < -0.4 is 5.32 Å². The second-order valence-electron chi connectivity index (χ2n) is 5.48. The molecular formula is C12H18N4OS. The summed E-state index contributed by atoms with van der Waals surface area (Å²) in [5.41, 5.74) is -0.478. The summed E-state index contributed by atoms with van der Waals surface area (Å²) < 4.78 is 4.29. The predicted molar refractivity (Wildman–Crippen MR) is 73.9 cm³/mol. The van der Waals surface area contributed by atoms with Gasteiger partial charge in [0.2, 0.25) is 0 Å². The van der Waals surface area contributed by atoms with E-state index in [0.29, 0.717) is 0 Å². The molecule has 0 fully saturated rings. The van der Waals surface area contributed by atoms with Crippen molar-refractivity contribution >= 4 is 27.6 Å². The van der Waals surface area contributed by atoms with Crippen molar-refractivity contribution in [2.75, 3.05) is 5.32 Å². The first-order chi connectivity index (χ1) is 8.22. The van der Waals surface area contributed by atoms with E-state index in [-0.39, 0.29) is 0 Å². The molecule has 0 radical (unpaired) electrons. The Morgan fingerprint density at radius 2 is 1.89 bits per heavy atom. The van der Waals surface area contributed by atoms with E-state index in [1.54, 1.807) is 13.8 Å². The fraction of sp³-hybridized carbons (Fsp3) is 0.583. The predicted octanol–water partition coefficient (Wildman–Crippen LogP) is 2.36. The van der Waals surface area contributed by atoms with Crippen LogP contribution in [0, 0.1) is 6.92 Å². The van der Waals surface area contributed by atoms with Crippen molar-refractivity contribution in [3.8, 4) is 0 Å². The number of anilines is 1. The first-order valence-electron chi connectivity index (χ1n) is 5.80. The maximum Gasteiger partial charge on any atom is 0.149 e. The summed E-state index contributed by atoms with van der Waals surface area (Å²) in [6, 6.07) is 0. The van der Waals surface area contributed by atoms with Gasteiger partial charge in [-0.25, -0.2) is 9.97 Å². The Bertz CT molecular complexity index is 571. The Morgan fingerprint density at radius 3 is 2.50 bits per heavy atom. The van der Waals surface area contributed by atoms with E-state index in [2.05, 4.69) is 19.7 Å². The van der Waals surface area contributed by atoms with E-state index in [9.17, 15) is 5.11 Å². The molecule has 2 aromatic heterocycles. The second kappa shape index (κ2) is 4.13. The van der Waals surface area contributed by atoms with Gasteiger partial charge in [-0.3, -0.25) is 0 Å². The van der Waals surface area contributed by atoms with Crippen molar-refractivity contribution in [3.63, 3.8) is 0 Å². The average Bonchev–Trinajstić information content (AvgIpc) is 2.59. The molecule has 2 rings (SSSR count).